The minimum absolute atomic E-state index is 0.0482. The third-order valence-corrected chi connectivity index (χ3v) is 3.05. The molecule has 0 spiro atoms. The molecule has 0 radical (unpaired) electrons. The summed E-state index contributed by atoms with van der Waals surface area (Å²) in [5.74, 6) is -0.661. The Morgan fingerprint density at radius 2 is 2.07 bits per heavy atom. The zero-order chi connectivity index (χ0) is 11.0. The Morgan fingerprint density at radius 1 is 1.33 bits per heavy atom. The molecule has 1 aliphatic rings. The number of nitrogens with zero attached hydrogens (tertiary/aromatic N) is 1. The van der Waals surface area contributed by atoms with Crippen molar-refractivity contribution in [2.24, 2.45) is 0 Å². The molecule has 0 N–H and O–H groups in total. The summed E-state index contributed by atoms with van der Waals surface area (Å²) in [5.41, 5.74) is 0.604. The summed E-state index contributed by atoms with van der Waals surface area (Å²) in [6.45, 7) is 0.0977. The predicted octanol–water partition coefficient (Wildman–Crippen LogP) is 1.74. The minimum Gasteiger partial charge on any atom is -0.304 e. The molecule has 1 aromatic rings. The van der Waals surface area contributed by atoms with Crippen LogP contribution in [0.25, 0.3) is 0 Å². The Bertz CT molecular complexity index is 447. The molecule has 0 unspecified atom stereocenters. The summed E-state index contributed by atoms with van der Waals surface area (Å²) in [5, 5.41) is 0. The van der Waals surface area contributed by atoms with E-state index in [4.69, 9.17) is 0 Å². The van der Waals surface area contributed by atoms with Crippen LogP contribution in [0, 0.1) is 9.39 Å². The van der Waals surface area contributed by atoms with Crippen LogP contribution in [0.15, 0.2) is 18.2 Å². The molecular weight excluding hydrogens is 312 g/mol. The van der Waals surface area contributed by atoms with Gasteiger partial charge in [-0.05, 0) is 40.8 Å². The van der Waals surface area contributed by atoms with Crippen LogP contribution in [-0.4, -0.2) is 18.2 Å². The van der Waals surface area contributed by atoms with Crippen LogP contribution in [0.1, 0.15) is 6.42 Å². The summed E-state index contributed by atoms with van der Waals surface area (Å²) >= 11 is 1.95. The number of Topliss-reactive ketones (excluding diaryl/α,β-unsaturated/α-hetero) is 1. The summed E-state index contributed by atoms with van der Waals surface area (Å²) < 4.78 is 13.5. The predicted molar refractivity (Wildman–Crippen MR) is 61.1 cm³/mol. The largest absolute Gasteiger partial charge is 0.304 e. The summed E-state index contributed by atoms with van der Waals surface area (Å²) in [6, 6.07) is 4.15. The average molecular weight is 319 g/mol. The lowest BCUT2D eigenvalue weighted by atomic mass is 10.3. The summed E-state index contributed by atoms with van der Waals surface area (Å²) in [6.07, 6.45) is -0.0482. The average Bonchev–Trinajstić information content (AvgIpc) is 2.45. The van der Waals surface area contributed by atoms with Crippen LogP contribution in [0.2, 0.25) is 0 Å². The number of hydrogen-bond donors (Lipinski definition) is 0. The van der Waals surface area contributed by atoms with Crippen molar-refractivity contribution in [1.29, 1.82) is 0 Å². The Labute approximate surface area is 99.4 Å². The number of ketones is 1. The van der Waals surface area contributed by atoms with E-state index in [9.17, 15) is 14.0 Å². The van der Waals surface area contributed by atoms with Crippen LogP contribution in [0.3, 0.4) is 0 Å². The molecule has 5 heteroatoms. The molecule has 2 rings (SSSR count). The van der Waals surface area contributed by atoms with Gasteiger partial charge in [0.2, 0.25) is 5.91 Å². The molecule has 0 bridgehead atoms. The third-order valence-electron chi connectivity index (χ3n) is 2.18. The van der Waals surface area contributed by atoms with Gasteiger partial charge in [0.05, 0.1) is 18.7 Å². The molecule has 1 amide bonds. The molecule has 1 saturated heterocycles. The molecular formula is C10H7FINO2. The zero-order valence-corrected chi connectivity index (χ0v) is 9.82. The van der Waals surface area contributed by atoms with Crippen molar-refractivity contribution in [1.82, 2.24) is 0 Å². The van der Waals surface area contributed by atoms with Gasteiger partial charge in [-0.2, -0.15) is 0 Å². The lowest BCUT2D eigenvalue weighted by Gasteiger charge is -2.16. The highest BCUT2D eigenvalue weighted by atomic mass is 127. The fraction of sp³-hybridized carbons (Fsp3) is 0.200. The lowest BCUT2D eigenvalue weighted by molar-refractivity contribution is -0.121. The van der Waals surface area contributed by atoms with Gasteiger partial charge in [0.1, 0.15) is 5.82 Å². The van der Waals surface area contributed by atoms with Crippen molar-refractivity contribution in [2.75, 3.05) is 11.4 Å². The molecule has 1 fully saturated rings. The lowest BCUT2D eigenvalue weighted by Crippen LogP contribution is -2.25. The molecule has 1 aliphatic heterocycles. The minimum atomic E-state index is -0.346. The quantitative estimate of drug-likeness (QED) is 0.584. The van der Waals surface area contributed by atoms with Gasteiger partial charge in [0, 0.05) is 3.57 Å². The van der Waals surface area contributed by atoms with Crippen LogP contribution in [-0.2, 0) is 9.59 Å². The van der Waals surface area contributed by atoms with Gasteiger partial charge in [-0.25, -0.2) is 4.39 Å². The van der Waals surface area contributed by atoms with Gasteiger partial charge >= 0.3 is 0 Å². The monoisotopic (exact) mass is 319 g/mol. The highest BCUT2D eigenvalue weighted by Gasteiger charge is 2.29. The van der Waals surface area contributed by atoms with E-state index in [0.717, 1.165) is 0 Å². The number of amides is 1. The molecule has 3 nitrogen and oxygen atoms in total. The standard InChI is InChI=1S/C10H7FINO2/c11-6-1-2-9(8(12)3-6)13-5-7(14)4-10(13)15/h1-3H,4-5H2. The van der Waals surface area contributed by atoms with Crippen molar-refractivity contribution in [2.45, 2.75) is 6.42 Å². The number of hydrogen-bond acceptors (Lipinski definition) is 2. The highest BCUT2D eigenvalue weighted by molar-refractivity contribution is 14.1. The second kappa shape index (κ2) is 3.88. The van der Waals surface area contributed by atoms with Gasteiger partial charge in [-0.1, -0.05) is 0 Å². The van der Waals surface area contributed by atoms with Gasteiger partial charge in [0.15, 0.2) is 5.78 Å². The molecule has 0 aromatic heterocycles. The first-order valence-corrected chi connectivity index (χ1v) is 5.43. The molecule has 0 aliphatic carbocycles. The van der Waals surface area contributed by atoms with Gasteiger partial charge < -0.3 is 4.90 Å². The van der Waals surface area contributed by atoms with Crippen LogP contribution in [0.5, 0.6) is 0 Å². The number of benzene rings is 1. The number of carbonyl (C=O) groups excluding carboxylic acids is 2. The van der Waals surface area contributed by atoms with Gasteiger partial charge in [-0.15, -0.1) is 0 Å². The van der Waals surface area contributed by atoms with E-state index >= 15 is 0 Å². The number of rotatable bonds is 1. The Balaban J connectivity index is 2.38. The molecule has 0 saturated carbocycles. The Kier molecular flexibility index (Phi) is 2.72. The fourth-order valence-corrected chi connectivity index (χ4v) is 2.27. The van der Waals surface area contributed by atoms with E-state index in [1.165, 1.54) is 23.1 Å². The van der Waals surface area contributed by atoms with E-state index in [0.29, 0.717) is 9.26 Å². The maximum absolute atomic E-state index is 12.8. The maximum atomic E-state index is 12.8. The van der Waals surface area contributed by atoms with Crippen molar-refractivity contribution < 1.29 is 14.0 Å². The first kappa shape index (κ1) is 10.5. The van der Waals surface area contributed by atoms with Crippen molar-refractivity contribution in [3.05, 3.63) is 27.6 Å². The first-order valence-electron chi connectivity index (χ1n) is 4.35. The van der Waals surface area contributed by atoms with Crippen LogP contribution >= 0.6 is 22.6 Å². The first-order chi connectivity index (χ1) is 7.08. The zero-order valence-electron chi connectivity index (χ0n) is 7.67. The molecule has 0 atom stereocenters. The summed E-state index contributed by atoms with van der Waals surface area (Å²) in [4.78, 5) is 23.9. The van der Waals surface area contributed by atoms with Crippen LogP contribution < -0.4 is 4.90 Å². The molecule has 1 aromatic carbocycles. The SMILES string of the molecule is O=C1CC(=O)N(c2ccc(F)cc2I)C1. The van der Waals surface area contributed by atoms with Crippen molar-refractivity contribution >= 4 is 40.0 Å². The number of carbonyl (C=O) groups is 2. The third kappa shape index (κ3) is 2.01. The molecule has 1 heterocycles. The fourth-order valence-electron chi connectivity index (χ4n) is 1.50. The van der Waals surface area contributed by atoms with Crippen LogP contribution in [0.4, 0.5) is 10.1 Å². The van der Waals surface area contributed by atoms with E-state index in [2.05, 4.69) is 0 Å². The normalized spacial score (nSPS) is 16.3. The second-order valence-corrected chi connectivity index (χ2v) is 4.45. The maximum Gasteiger partial charge on any atom is 0.234 e. The molecule has 78 valence electrons. The van der Waals surface area contributed by atoms with E-state index in [1.54, 1.807) is 0 Å². The second-order valence-electron chi connectivity index (χ2n) is 3.29. The van der Waals surface area contributed by atoms with E-state index in [1.807, 2.05) is 22.6 Å². The highest BCUT2D eigenvalue weighted by Crippen LogP contribution is 2.26. The Morgan fingerprint density at radius 3 is 2.60 bits per heavy atom. The summed E-state index contributed by atoms with van der Waals surface area (Å²) in [7, 11) is 0. The topological polar surface area (TPSA) is 37.4 Å². The van der Waals surface area contributed by atoms with Crippen molar-refractivity contribution in [3.8, 4) is 0 Å². The van der Waals surface area contributed by atoms with E-state index in [-0.39, 0.29) is 30.5 Å². The Hall–Kier alpha value is -0.980. The van der Waals surface area contributed by atoms with Gasteiger partial charge in [0.25, 0.3) is 0 Å². The number of anilines is 1. The van der Waals surface area contributed by atoms with E-state index < -0.39 is 0 Å². The van der Waals surface area contributed by atoms with Crippen molar-refractivity contribution in [3.63, 3.8) is 0 Å². The number of halogens is 2. The van der Waals surface area contributed by atoms with Gasteiger partial charge in [-0.3, -0.25) is 9.59 Å². The smallest absolute Gasteiger partial charge is 0.234 e. The molecule has 15 heavy (non-hydrogen) atoms.